The molecule has 0 bridgehead atoms. The second-order valence-corrected chi connectivity index (χ2v) is 6.01. The maximum Gasteiger partial charge on any atom is 0.0528 e. The number of thiophene rings is 1. The van der Waals surface area contributed by atoms with Crippen LogP contribution in [0, 0.1) is 0 Å². The highest BCUT2D eigenvalue weighted by Gasteiger charge is 2.40. The molecule has 0 saturated heterocycles. The van der Waals surface area contributed by atoms with Gasteiger partial charge in [0.2, 0.25) is 0 Å². The molecule has 0 unspecified atom stereocenters. The zero-order valence-electron chi connectivity index (χ0n) is 9.09. The van der Waals surface area contributed by atoms with Crippen molar-refractivity contribution in [2.75, 3.05) is 6.61 Å². The van der Waals surface area contributed by atoms with Gasteiger partial charge in [-0.05, 0) is 55.0 Å². The van der Waals surface area contributed by atoms with Crippen molar-refractivity contribution < 1.29 is 5.11 Å². The molecule has 2 aliphatic rings. The average molecular weight is 222 g/mol. The molecule has 1 N–H and O–H groups in total. The Morgan fingerprint density at radius 1 is 1.20 bits per heavy atom. The summed E-state index contributed by atoms with van der Waals surface area (Å²) < 4.78 is 0. The third-order valence-electron chi connectivity index (χ3n) is 4.25. The van der Waals surface area contributed by atoms with Crippen molar-refractivity contribution in [2.24, 2.45) is 0 Å². The lowest BCUT2D eigenvalue weighted by atomic mass is 9.64. The number of fused-ring (bicyclic) bond motifs is 1. The van der Waals surface area contributed by atoms with Gasteiger partial charge in [-0.15, -0.1) is 11.3 Å². The zero-order chi connectivity index (χ0) is 10.3. The molecule has 0 amide bonds. The molecule has 0 spiro atoms. The normalized spacial score (nSPS) is 23.3. The van der Waals surface area contributed by atoms with Gasteiger partial charge in [0.1, 0.15) is 0 Å². The summed E-state index contributed by atoms with van der Waals surface area (Å²) in [7, 11) is 0. The van der Waals surface area contributed by atoms with Gasteiger partial charge in [-0.1, -0.05) is 6.42 Å². The smallest absolute Gasteiger partial charge is 0.0528 e. The maximum atomic E-state index is 9.61. The van der Waals surface area contributed by atoms with Crippen molar-refractivity contribution in [3.05, 3.63) is 21.4 Å². The molecular formula is C13H18OS. The monoisotopic (exact) mass is 222 g/mol. The van der Waals surface area contributed by atoms with Gasteiger partial charge in [0.05, 0.1) is 6.61 Å². The molecule has 2 heteroatoms. The molecular weight excluding hydrogens is 204 g/mol. The van der Waals surface area contributed by atoms with Crippen molar-refractivity contribution in [3.8, 4) is 0 Å². The van der Waals surface area contributed by atoms with Crippen molar-refractivity contribution in [2.45, 2.75) is 50.4 Å². The highest BCUT2D eigenvalue weighted by atomic mass is 32.1. The Balaban J connectivity index is 2.00. The topological polar surface area (TPSA) is 20.2 Å². The highest BCUT2D eigenvalue weighted by Crippen LogP contribution is 2.47. The first-order valence-corrected chi connectivity index (χ1v) is 6.94. The number of hydrogen-bond donors (Lipinski definition) is 1. The van der Waals surface area contributed by atoms with Crippen LogP contribution in [0.15, 0.2) is 5.38 Å². The molecule has 1 aromatic heterocycles. The van der Waals surface area contributed by atoms with Crippen LogP contribution in [0.4, 0.5) is 0 Å². The van der Waals surface area contributed by atoms with Crippen LogP contribution in [0.3, 0.4) is 0 Å². The van der Waals surface area contributed by atoms with Crippen LogP contribution in [0.1, 0.15) is 48.1 Å². The van der Waals surface area contributed by atoms with Crippen molar-refractivity contribution in [3.63, 3.8) is 0 Å². The number of aliphatic hydroxyl groups is 1. The third-order valence-corrected chi connectivity index (χ3v) is 5.33. The Bertz CT molecular complexity index is 357. The molecule has 0 atom stereocenters. The van der Waals surface area contributed by atoms with E-state index in [1.54, 1.807) is 10.4 Å². The predicted molar refractivity (Wildman–Crippen MR) is 63.6 cm³/mol. The fourth-order valence-electron chi connectivity index (χ4n) is 3.06. The van der Waals surface area contributed by atoms with Crippen molar-refractivity contribution in [1.82, 2.24) is 0 Å². The van der Waals surface area contributed by atoms with Crippen molar-refractivity contribution in [1.29, 1.82) is 0 Å². The highest BCUT2D eigenvalue weighted by molar-refractivity contribution is 7.10. The molecule has 82 valence electrons. The van der Waals surface area contributed by atoms with E-state index in [0.29, 0.717) is 6.61 Å². The van der Waals surface area contributed by atoms with E-state index in [4.69, 9.17) is 0 Å². The summed E-state index contributed by atoms with van der Waals surface area (Å²) in [5, 5.41) is 12.0. The van der Waals surface area contributed by atoms with Crippen molar-refractivity contribution >= 4 is 11.3 Å². The van der Waals surface area contributed by atoms with E-state index >= 15 is 0 Å². The second kappa shape index (κ2) is 3.60. The third kappa shape index (κ3) is 1.38. The van der Waals surface area contributed by atoms with Crippen LogP contribution >= 0.6 is 11.3 Å². The minimum Gasteiger partial charge on any atom is -0.395 e. The summed E-state index contributed by atoms with van der Waals surface area (Å²) in [6.45, 7) is 0.357. The largest absolute Gasteiger partial charge is 0.395 e. The fourth-order valence-corrected chi connectivity index (χ4v) is 4.32. The van der Waals surface area contributed by atoms with Gasteiger partial charge in [0, 0.05) is 10.3 Å². The molecule has 1 fully saturated rings. The fraction of sp³-hybridized carbons (Fsp3) is 0.692. The zero-order valence-corrected chi connectivity index (χ0v) is 9.91. The van der Waals surface area contributed by atoms with Crippen LogP contribution in [0.5, 0.6) is 0 Å². The van der Waals surface area contributed by atoms with Crippen LogP contribution in [0.25, 0.3) is 0 Å². The Morgan fingerprint density at radius 2 is 2.00 bits per heavy atom. The molecule has 3 rings (SSSR count). The summed E-state index contributed by atoms with van der Waals surface area (Å²) >= 11 is 1.93. The van der Waals surface area contributed by atoms with E-state index in [1.807, 2.05) is 11.3 Å². The van der Waals surface area contributed by atoms with E-state index in [9.17, 15) is 5.11 Å². The van der Waals surface area contributed by atoms with Crippen LogP contribution < -0.4 is 0 Å². The van der Waals surface area contributed by atoms with Gasteiger partial charge in [0.25, 0.3) is 0 Å². The Morgan fingerprint density at radius 3 is 2.67 bits per heavy atom. The maximum absolute atomic E-state index is 9.61. The Labute approximate surface area is 95.1 Å². The van der Waals surface area contributed by atoms with E-state index in [1.165, 1.54) is 50.5 Å². The first-order chi connectivity index (χ1) is 7.36. The number of aryl methyl sites for hydroxylation is 1. The van der Waals surface area contributed by atoms with Gasteiger partial charge in [-0.2, -0.15) is 0 Å². The first-order valence-electron chi connectivity index (χ1n) is 6.06. The van der Waals surface area contributed by atoms with Gasteiger partial charge < -0.3 is 5.11 Å². The Kier molecular flexibility index (Phi) is 2.37. The van der Waals surface area contributed by atoms with Gasteiger partial charge in [-0.25, -0.2) is 0 Å². The van der Waals surface area contributed by atoms with Gasteiger partial charge in [-0.3, -0.25) is 0 Å². The molecule has 1 saturated carbocycles. The second-order valence-electron chi connectivity index (χ2n) is 5.05. The molecule has 1 aromatic rings. The quantitative estimate of drug-likeness (QED) is 0.815. The summed E-state index contributed by atoms with van der Waals surface area (Å²) in [6.07, 6.45) is 8.94. The molecule has 0 aromatic carbocycles. The Hall–Kier alpha value is -0.340. The summed E-state index contributed by atoms with van der Waals surface area (Å²) in [4.78, 5) is 1.61. The summed E-state index contributed by atoms with van der Waals surface area (Å²) in [5.74, 6) is 0. The van der Waals surface area contributed by atoms with Crippen LogP contribution in [0.2, 0.25) is 0 Å². The lowest BCUT2D eigenvalue weighted by molar-refractivity contribution is 0.119. The van der Waals surface area contributed by atoms with E-state index in [-0.39, 0.29) is 5.41 Å². The average Bonchev–Trinajstić information content (AvgIpc) is 2.62. The minimum atomic E-state index is 0.168. The summed E-state index contributed by atoms with van der Waals surface area (Å²) in [6, 6.07) is 0. The standard InChI is InChI=1S/C13H18OS/c14-9-13(6-3-7-13)11-8-15-12-5-2-1-4-10(11)12/h8,14H,1-7,9H2. The molecule has 1 nitrogen and oxygen atoms in total. The number of aliphatic hydroxyl groups excluding tert-OH is 1. The lowest BCUT2D eigenvalue weighted by Crippen LogP contribution is -2.38. The first kappa shape index (κ1) is 9.86. The lowest BCUT2D eigenvalue weighted by Gasteiger charge is -2.41. The predicted octanol–water partition coefficient (Wildman–Crippen LogP) is 3.04. The SMILES string of the molecule is OCC1(c2csc3c2CCCC3)CCC1. The van der Waals surface area contributed by atoms with E-state index < -0.39 is 0 Å². The molecule has 0 radical (unpaired) electrons. The number of hydrogen-bond acceptors (Lipinski definition) is 2. The van der Waals surface area contributed by atoms with Gasteiger partial charge >= 0.3 is 0 Å². The summed E-state index contributed by atoms with van der Waals surface area (Å²) in [5.41, 5.74) is 3.29. The number of rotatable bonds is 2. The minimum absolute atomic E-state index is 0.168. The van der Waals surface area contributed by atoms with E-state index in [2.05, 4.69) is 5.38 Å². The van der Waals surface area contributed by atoms with Gasteiger partial charge in [0.15, 0.2) is 0 Å². The molecule has 2 aliphatic carbocycles. The van der Waals surface area contributed by atoms with Crippen LogP contribution in [-0.4, -0.2) is 11.7 Å². The van der Waals surface area contributed by atoms with Crippen LogP contribution in [-0.2, 0) is 18.3 Å². The molecule has 0 aliphatic heterocycles. The van der Waals surface area contributed by atoms with E-state index in [0.717, 1.165) is 0 Å². The molecule has 15 heavy (non-hydrogen) atoms. The molecule has 1 heterocycles.